The van der Waals surface area contributed by atoms with Crippen LogP contribution >= 0.6 is 11.3 Å². The third-order valence-corrected chi connectivity index (χ3v) is 5.46. The second-order valence-electron chi connectivity index (χ2n) is 6.04. The highest BCUT2D eigenvalue weighted by molar-refractivity contribution is 7.90. The average Bonchev–Trinajstić information content (AvgIpc) is 2.84. The largest absolute Gasteiger partial charge is 0.380 e. The summed E-state index contributed by atoms with van der Waals surface area (Å²) >= 11 is 1.68. The number of hydrogen-bond donors (Lipinski definition) is 1. The Hall–Kier alpha value is -1.40. The number of hydrogen-bond acceptors (Lipinski definition) is 5. The quantitative estimate of drug-likeness (QED) is 0.936. The van der Waals surface area contributed by atoms with Crippen LogP contribution in [0, 0.1) is 0 Å². The Kier molecular flexibility index (Phi) is 4.39. The Morgan fingerprint density at radius 2 is 2.00 bits per heavy atom. The maximum absolute atomic E-state index is 11.5. The van der Waals surface area contributed by atoms with Gasteiger partial charge >= 0.3 is 0 Å². The minimum absolute atomic E-state index is 0.0547. The summed E-state index contributed by atoms with van der Waals surface area (Å²) in [6.45, 7) is 7.05. The van der Waals surface area contributed by atoms with Gasteiger partial charge < -0.3 is 5.32 Å². The van der Waals surface area contributed by atoms with Crippen LogP contribution in [0.3, 0.4) is 0 Å². The number of thiazole rings is 1. The highest BCUT2D eigenvalue weighted by Gasteiger charge is 2.17. The predicted molar refractivity (Wildman–Crippen MR) is 87.7 cm³/mol. The van der Waals surface area contributed by atoms with Gasteiger partial charge in [0.25, 0.3) is 0 Å². The van der Waals surface area contributed by atoms with Crippen molar-refractivity contribution in [1.29, 1.82) is 0 Å². The predicted octanol–water partition coefficient (Wildman–Crippen LogP) is 3.46. The van der Waals surface area contributed by atoms with Gasteiger partial charge in [-0.1, -0.05) is 26.8 Å². The first-order valence-corrected chi connectivity index (χ1v) is 9.36. The van der Waals surface area contributed by atoms with Crippen LogP contribution in [0.5, 0.6) is 0 Å². The zero-order valence-corrected chi connectivity index (χ0v) is 14.3. The van der Waals surface area contributed by atoms with Crippen LogP contribution in [-0.4, -0.2) is 19.7 Å². The zero-order valence-electron chi connectivity index (χ0n) is 12.7. The van der Waals surface area contributed by atoms with E-state index in [1.807, 2.05) is 12.3 Å². The maximum atomic E-state index is 11.5. The van der Waals surface area contributed by atoms with Crippen molar-refractivity contribution in [3.8, 4) is 0 Å². The molecule has 1 aromatic heterocycles. The van der Waals surface area contributed by atoms with Gasteiger partial charge in [0.1, 0.15) is 0 Å². The number of anilines is 1. The van der Waals surface area contributed by atoms with Gasteiger partial charge in [0.05, 0.1) is 16.4 Å². The van der Waals surface area contributed by atoms with Gasteiger partial charge in [0, 0.05) is 28.4 Å². The number of benzene rings is 1. The lowest BCUT2D eigenvalue weighted by atomic mass is 9.98. The zero-order chi connectivity index (χ0) is 15.7. The fourth-order valence-corrected chi connectivity index (χ4v) is 3.34. The summed E-state index contributed by atoms with van der Waals surface area (Å²) in [6.07, 6.45) is 3.09. The van der Waals surface area contributed by atoms with E-state index in [0.29, 0.717) is 11.4 Å². The molecule has 2 rings (SSSR count). The van der Waals surface area contributed by atoms with Crippen LogP contribution < -0.4 is 5.32 Å². The highest BCUT2D eigenvalue weighted by atomic mass is 32.2. The SMILES string of the molecule is CC(C)(C)c1ncc(CNc2cccc(S(C)(=O)=O)c2)s1. The minimum atomic E-state index is -3.17. The van der Waals surface area contributed by atoms with Crippen LogP contribution in [0.1, 0.15) is 30.7 Å². The Morgan fingerprint density at radius 1 is 1.29 bits per heavy atom. The summed E-state index contributed by atoms with van der Waals surface area (Å²) < 4.78 is 23.1. The van der Waals surface area contributed by atoms with Crippen LogP contribution in [0.25, 0.3) is 0 Å². The molecule has 0 atom stereocenters. The second kappa shape index (κ2) is 5.77. The van der Waals surface area contributed by atoms with Crippen molar-refractivity contribution < 1.29 is 8.42 Å². The van der Waals surface area contributed by atoms with Gasteiger partial charge in [-0.05, 0) is 18.2 Å². The Labute approximate surface area is 130 Å². The van der Waals surface area contributed by atoms with Crippen molar-refractivity contribution in [2.45, 2.75) is 37.6 Å². The first kappa shape index (κ1) is 16.0. The molecule has 0 bridgehead atoms. The standard InChI is InChI=1S/C15H20N2O2S2/c1-15(2,3)14-17-10-12(20-14)9-16-11-6-5-7-13(8-11)21(4,18)19/h5-8,10,16H,9H2,1-4H3. The van der Waals surface area contributed by atoms with Crippen LogP contribution in [0.2, 0.25) is 0 Å². The summed E-state index contributed by atoms with van der Waals surface area (Å²) in [4.78, 5) is 5.89. The third kappa shape index (κ3) is 4.28. The highest BCUT2D eigenvalue weighted by Crippen LogP contribution is 2.27. The Bertz CT molecular complexity index is 728. The molecule has 2 aromatic rings. The lowest BCUT2D eigenvalue weighted by Crippen LogP contribution is -2.09. The molecule has 0 fully saturated rings. The molecule has 0 aliphatic rings. The van der Waals surface area contributed by atoms with Crippen molar-refractivity contribution in [1.82, 2.24) is 4.98 Å². The summed E-state index contributed by atoms with van der Waals surface area (Å²) in [5.74, 6) is 0. The van der Waals surface area contributed by atoms with E-state index in [0.717, 1.165) is 15.6 Å². The number of nitrogens with zero attached hydrogens (tertiary/aromatic N) is 1. The molecule has 1 heterocycles. The van der Waals surface area contributed by atoms with Crippen molar-refractivity contribution in [3.05, 3.63) is 40.3 Å². The molecule has 0 aliphatic heterocycles. The van der Waals surface area contributed by atoms with Gasteiger partial charge in [0.2, 0.25) is 0 Å². The molecule has 0 aliphatic carbocycles. The van der Waals surface area contributed by atoms with Gasteiger partial charge in [-0.3, -0.25) is 0 Å². The smallest absolute Gasteiger partial charge is 0.175 e. The monoisotopic (exact) mass is 324 g/mol. The van der Waals surface area contributed by atoms with E-state index in [4.69, 9.17) is 0 Å². The van der Waals surface area contributed by atoms with Crippen molar-refractivity contribution in [2.75, 3.05) is 11.6 Å². The summed E-state index contributed by atoms with van der Waals surface area (Å²) in [5, 5.41) is 4.35. The third-order valence-electron chi connectivity index (χ3n) is 2.92. The van der Waals surface area contributed by atoms with Gasteiger partial charge in [-0.15, -0.1) is 11.3 Å². The molecule has 0 spiro atoms. The minimum Gasteiger partial charge on any atom is -0.380 e. The molecule has 0 saturated heterocycles. The Balaban J connectivity index is 2.09. The first-order chi connectivity index (χ1) is 9.66. The molecule has 0 radical (unpaired) electrons. The van der Waals surface area contributed by atoms with E-state index >= 15 is 0 Å². The summed E-state index contributed by atoms with van der Waals surface area (Å²) in [5.41, 5.74) is 0.850. The summed E-state index contributed by atoms with van der Waals surface area (Å²) in [7, 11) is -3.17. The lowest BCUT2D eigenvalue weighted by Gasteiger charge is -2.13. The van der Waals surface area contributed by atoms with E-state index in [2.05, 4.69) is 31.1 Å². The molecule has 0 saturated carbocycles. The van der Waals surface area contributed by atoms with E-state index in [-0.39, 0.29) is 5.41 Å². The van der Waals surface area contributed by atoms with Crippen LogP contribution in [0.15, 0.2) is 35.4 Å². The van der Waals surface area contributed by atoms with E-state index in [1.165, 1.54) is 6.26 Å². The molecular formula is C15H20N2O2S2. The molecule has 1 N–H and O–H groups in total. The molecule has 0 amide bonds. The Morgan fingerprint density at radius 3 is 2.57 bits per heavy atom. The summed E-state index contributed by atoms with van der Waals surface area (Å²) in [6, 6.07) is 6.86. The maximum Gasteiger partial charge on any atom is 0.175 e. The van der Waals surface area contributed by atoms with Gasteiger partial charge in [-0.2, -0.15) is 0 Å². The van der Waals surface area contributed by atoms with E-state index in [1.54, 1.807) is 29.5 Å². The molecule has 114 valence electrons. The number of sulfone groups is 1. The fourth-order valence-electron chi connectivity index (χ4n) is 1.76. The number of nitrogens with one attached hydrogen (secondary N) is 1. The van der Waals surface area contributed by atoms with Crippen molar-refractivity contribution >= 4 is 26.9 Å². The normalized spacial score (nSPS) is 12.4. The molecule has 21 heavy (non-hydrogen) atoms. The number of rotatable bonds is 4. The van der Waals surface area contributed by atoms with E-state index in [9.17, 15) is 8.42 Å². The molecule has 4 nitrogen and oxygen atoms in total. The van der Waals surface area contributed by atoms with Gasteiger partial charge in [0.15, 0.2) is 9.84 Å². The second-order valence-corrected chi connectivity index (χ2v) is 9.17. The van der Waals surface area contributed by atoms with E-state index < -0.39 is 9.84 Å². The van der Waals surface area contributed by atoms with Crippen LogP contribution in [-0.2, 0) is 21.8 Å². The molecule has 6 heteroatoms. The van der Waals surface area contributed by atoms with Crippen LogP contribution in [0.4, 0.5) is 5.69 Å². The molecular weight excluding hydrogens is 304 g/mol. The average molecular weight is 324 g/mol. The van der Waals surface area contributed by atoms with Crippen molar-refractivity contribution in [3.63, 3.8) is 0 Å². The molecule has 0 unspecified atom stereocenters. The topological polar surface area (TPSA) is 59.1 Å². The van der Waals surface area contributed by atoms with Crippen molar-refractivity contribution in [2.24, 2.45) is 0 Å². The molecule has 1 aromatic carbocycles. The van der Waals surface area contributed by atoms with Gasteiger partial charge in [-0.25, -0.2) is 13.4 Å². The lowest BCUT2D eigenvalue weighted by molar-refractivity contribution is 0.585. The number of aromatic nitrogens is 1. The fraction of sp³-hybridized carbons (Fsp3) is 0.400. The first-order valence-electron chi connectivity index (χ1n) is 6.65.